The Morgan fingerprint density at radius 2 is 1.65 bits per heavy atom. The summed E-state index contributed by atoms with van der Waals surface area (Å²) in [7, 11) is 0. The molecular formula is C15H20O2. The Labute approximate surface area is 103 Å². The van der Waals surface area contributed by atoms with E-state index in [0.717, 1.165) is 5.56 Å². The van der Waals surface area contributed by atoms with Crippen molar-refractivity contribution in [3.8, 4) is 0 Å². The van der Waals surface area contributed by atoms with E-state index in [4.69, 9.17) is 4.74 Å². The quantitative estimate of drug-likeness (QED) is 0.732. The fourth-order valence-corrected chi connectivity index (χ4v) is 2.63. The zero-order valence-corrected chi connectivity index (χ0v) is 10.9. The van der Waals surface area contributed by atoms with E-state index in [1.165, 1.54) is 5.56 Å². The maximum absolute atomic E-state index is 12.4. The van der Waals surface area contributed by atoms with Gasteiger partial charge in [-0.3, -0.25) is 4.79 Å². The van der Waals surface area contributed by atoms with Crippen molar-refractivity contribution in [2.75, 3.05) is 0 Å². The van der Waals surface area contributed by atoms with Crippen LogP contribution in [0.4, 0.5) is 0 Å². The standard InChI is InChI=1S/C15H20O2/c1-9-5-7-13(8-6-9)15(16)14-10(2)11(3)17-12(14)4/h5-8,10-12,14H,1-4H3. The lowest BCUT2D eigenvalue weighted by atomic mass is 9.83. The first kappa shape index (κ1) is 12.3. The Hall–Kier alpha value is -1.15. The number of carbonyl (C=O) groups excluding carboxylic acids is 1. The topological polar surface area (TPSA) is 26.3 Å². The van der Waals surface area contributed by atoms with E-state index in [1.807, 2.05) is 45.0 Å². The largest absolute Gasteiger partial charge is 0.374 e. The van der Waals surface area contributed by atoms with Crippen molar-refractivity contribution in [1.29, 1.82) is 0 Å². The molecule has 0 spiro atoms. The highest BCUT2D eigenvalue weighted by atomic mass is 16.5. The van der Waals surface area contributed by atoms with Gasteiger partial charge in [-0.1, -0.05) is 36.8 Å². The molecule has 0 amide bonds. The highest BCUT2D eigenvalue weighted by Crippen LogP contribution is 2.34. The molecule has 1 aromatic rings. The van der Waals surface area contributed by atoms with E-state index in [2.05, 4.69) is 6.92 Å². The first-order valence-electron chi connectivity index (χ1n) is 6.27. The van der Waals surface area contributed by atoms with Crippen LogP contribution < -0.4 is 0 Å². The van der Waals surface area contributed by atoms with Crippen LogP contribution in [0, 0.1) is 18.8 Å². The van der Waals surface area contributed by atoms with Crippen LogP contribution in [0.1, 0.15) is 36.7 Å². The van der Waals surface area contributed by atoms with Crippen LogP contribution in [-0.4, -0.2) is 18.0 Å². The number of carbonyl (C=O) groups is 1. The van der Waals surface area contributed by atoms with Gasteiger partial charge in [-0.05, 0) is 26.7 Å². The molecule has 17 heavy (non-hydrogen) atoms. The van der Waals surface area contributed by atoms with Gasteiger partial charge in [0.05, 0.1) is 18.1 Å². The number of ketones is 1. The fraction of sp³-hybridized carbons (Fsp3) is 0.533. The Kier molecular flexibility index (Phi) is 3.34. The predicted octanol–water partition coefficient (Wildman–Crippen LogP) is 3.24. The average molecular weight is 232 g/mol. The summed E-state index contributed by atoms with van der Waals surface area (Å²) in [5.41, 5.74) is 1.98. The molecular weight excluding hydrogens is 212 g/mol. The number of benzene rings is 1. The molecule has 1 fully saturated rings. The molecule has 1 aliphatic rings. The van der Waals surface area contributed by atoms with Crippen molar-refractivity contribution in [2.24, 2.45) is 11.8 Å². The molecule has 0 N–H and O–H groups in total. The van der Waals surface area contributed by atoms with E-state index < -0.39 is 0 Å². The van der Waals surface area contributed by atoms with Crippen LogP contribution in [0.25, 0.3) is 0 Å². The zero-order chi connectivity index (χ0) is 12.6. The van der Waals surface area contributed by atoms with Crippen molar-refractivity contribution in [3.63, 3.8) is 0 Å². The number of hydrogen-bond donors (Lipinski definition) is 0. The molecule has 92 valence electrons. The molecule has 0 aliphatic carbocycles. The van der Waals surface area contributed by atoms with Crippen LogP contribution in [-0.2, 0) is 4.74 Å². The van der Waals surface area contributed by atoms with Crippen molar-refractivity contribution in [1.82, 2.24) is 0 Å². The van der Waals surface area contributed by atoms with Crippen molar-refractivity contribution >= 4 is 5.78 Å². The van der Waals surface area contributed by atoms with Crippen molar-refractivity contribution in [2.45, 2.75) is 39.9 Å². The summed E-state index contributed by atoms with van der Waals surface area (Å²) < 4.78 is 5.73. The van der Waals surface area contributed by atoms with Crippen LogP contribution in [0.5, 0.6) is 0 Å². The summed E-state index contributed by atoms with van der Waals surface area (Å²) >= 11 is 0. The molecule has 1 saturated heterocycles. The summed E-state index contributed by atoms with van der Waals surface area (Å²) in [5, 5.41) is 0. The molecule has 0 saturated carbocycles. The van der Waals surface area contributed by atoms with Gasteiger partial charge in [0.25, 0.3) is 0 Å². The number of Topliss-reactive ketones (excluding diaryl/α,β-unsaturated/α-hetero) is 1. The highest BCUT2D eigenvalue weighted by Gasteiger charge is 2.41. The maximum atomic E-state index is 12.4. The van der Waals surface area contributed by atoms with Crippen LogP contribution in [0.2, 0.25) is 0 Å². The van der Waals surface area contributed by atoms with E-state index in [-0.39, 0.29) is 23.9 Å². The minimum absolute atomic E-state index is 0.00675. The van der Waals surface area contributed by atoms with Crippen molar-refractivity contribution < 1.29 is 9.53 Å². The third-order valence-electron chi connectivity index (χ3n) is 3.88. The highest BCUT2D eigenvalue weighted by molar-refractivity contribution is 5.98. The fourth-order valence-electron chi connectivity index (χ4n) is 2.63. The molecule has 2 heteroatoms. The summed E-state index contributed by atoms with van der Waals surface area (Å²) in [6, 6.07) is 7.81. The number of aryl methyl sites for hydroxylation is 1. The molecule has 0 bridgehead atoms. The van der Waals surface area contributed by atoms with Gasteiger partial charge in [0.1, 0.15) is 0 Å². The zero-order valence-electron chi connectivity index (χ0n) is 10.9. The molecule has 2 nitrogen and oxygen atoms in total. The van der Waals surface area contributed by atoms with Gasteiger partial charge in [-0.2, -0.15) is 0 Å². The molecule has 2 rings (SSSR count). The first-order chi connectivity index (χ1) is 8.00. The smallest absolute Gasteiger partial charge is 0.168 e. The monoisotopic (exact) mass is 232 g/mol. The second-order valence-electron chi connectivity index (χ2n) is 5.16. The Morgan fingerprint density at radius 1 is 1.06 bits per heavy atom. The van der Waals surface area contributed by atoms with Gasteiger partial charge in [0.2, 0.25) is 0 Å². The molecule has 4 atom stereocenters. The Morgan fingerprint density at radius 3 is 2.12 bits per heavy atom. The van der Waals surface area contributed by atoms with Gasteiger partial charge >= 0.3 is 0 Å². The van der Waals surface area contributed by atoms with E-state index in [9.17, 15) is 4.79 Å². The van der Waals surface area contributed by atoms with E-state index in [0.29, 0.717) is 5.92 Å². The van der Waals surface area contributed by atoms with Gasteiger partial charge < -0.3 is 4.74 Å². The maximum Gasteiger partial charge on any atom is 0.168 e. The van der Waals surface area contributed by atoms with Gasteiger partial charge in [-0.15, -0.1) is 0 Å². The second-order valence-corrected chi connectivity index (χ2v) is 5.16. The molecule has 1 aliphatic heterocycles. The Balaban J connectivity index is 2.23. The number of hydrogen-bond acceptors (Lipinski definition) is 2. The summed E-state index contributed by atoms with van der Waals surface area (Å²) in [4.78, 5) is 12.4. The van der Waals surface area contributed by atoms with Crippen LogP contribution >= 0.6 is 0 Å². The molecule has 1 heterocycles. The molecule has 0 aromatic heterocycles. The SMILES string of the molecule is Cc1ccc(C(=O)C2C(C)OC(C)C2C)cc1. The number of rotatable bonds is 2. The summed E-state index contributed by atoms with van der Waals surface area (Å²) in [6.45, 7) is 8.17. The molecule has 1 aromatic carbocycles. The van der Waals surface area contributed by atoms with E-state index in [1.54, 1.807) is 0 Å². The Bertz CT molecular complexity index is 407. The van der Waals surface area contributed by atoms with Gasteiger partial charge in [0.15, 0.2) is 5.78 Å². The average Bonchev–Trinajstić information content (AvgIpc) is 2.53. The van der Waals surface area contributed by atoms with Gasteiger partial charge in [0, 0.05) is 5.56 Å². The van der Waals surface area contributed by atoms with E-state index >= 15 is 0 Å². The molecule has 0 radical (unpaired) electrons. The minimum atomic E-state index is -0.00675. The van der Waals surface area contributed by atoms with Crippen molar-refractivity contribution in [3.05, 3.63) is 35.4 Å². The third-order valence-corrected chi connectivity index (χ3v) is 3.88. The van der Waals surface area contributed by atoms with Crippen LogP contribution in [0.3, 0.4) is 0 Å². The predicted molar refractivity (Wildman–Crippen MR) is 68.2 cm³/mol. The van der Waals surface area contributed by atoms with Crippen LogP contribution in [0.15, 0.2) is 24.3 Å². The lowest BCUT2D eigenvalue weighted by Crippen LogP contribution is -2.26. The minimum Gasteiger partial charge on any atom is -0.374 e. The summed E-state index contributed by atoms with van der Waals surface area (Å²) in [5.74, 6) is 0.501. The lowest BCUT2D eigenvalue weighted by molar-refractivity contribution is 0.0491. The lowest BCUT2D eigenvalue weighted by Gasteiger charge is -2.17. The first-order valence-corrected chi connectivity index (χ1v) is 6.27. The summed E-state index contributed by atoms with van der Waals surface area (Å²) in [6.07, 6.45) is 0.193. The van der Waals surface area contributed by atoms with Gasteiger partial charge in [-0.25, -0.2) is 0 Å². The normalized spacial score (nSPS) is 32.7. The number of ether oxygens (including phenoxy) is 1. The second kappa shape index (κ2) is 4.61. The third kappa shape index (κ3) is 2.27. The molecule has 4 unspecified atom stereocenters.